The molecule has 20 heavy (non-hydrogen) atoms. The molecule has 1 saturated carbocycles. The minimum Gasteiger partial charge on any atom is -0.326 e. The van der Waals surface area contributed by atoms with Crippen LogP contribution in [0.4, 0.5) is 5.69 Å². The first-order valence-electron chi connectivity index (χ1n) is 7.39. The molecule has 0 heterocycles. The number of benzene rings is 1. The normalized spacial score (nSPS) is 28.2. The summed E-state index contributed by atoms with van der Waals surface area (Å²) in [6.45, 7) is 1.96. The van der Waals surface area contributed by atoms with Gasteiger partial charge in [0.05, 0.1) is 0 Å². The quantitative estimate of drug-likeness (QED) is 0.793. The minimum absolute atomic E-state index is 0.168. The molecule has 0 saturated heterocycles. The maximum absolute atomic E-state index is 12.4. The lowest BCUT2D eigenvalue weighted by molar-refractivity contribution is -0.117. The molecule has 3 heteroatoms. The maximum atomic E-state index is 12.4. The van der Waals surface area contributed by atoms with Crippen LogP contribution in [0.25, 0.3) is 0 Å². The van der Waals surface area contributed by atoms with Crippen LogP contribution in [0.1, 0.15) is 31.2 Å². The van der Waals surface area contributed by atoms with E-state index in [-0.39, 0.29) is 11.8 Å². The number of carbonyl (C=O) groups excluding carboxylic acids is 1. The molecule has 0 bridgehead atoms. The first-order chi connectivity index (χ1) is 9.66. The number of nitrogens with one attached hydrogen (secondary N) is 1. The Hall–Kier alpha value is -1.28. The molecule has 0 spiro atoms. The highest BCUT2D eigenvalue weighted by molar-refractivity contribution is 6.31. The molecule has 0 radical (unpaired) electrons. The SMILES string of the molecule is Cc1ccc(NC(=O)C2[C@@H]3CCC=CCC[C@@H]23)cc1Cl. The summed E-state index contributed by atoms with van der Waals surface area (Å²) in [6.07, 6.45) is 9.02. The Bertz CT molecular complexity index is 536. The van der Waals surface area contributed by atoms with Gasteiger partial charge in [-0.15, -0.1) is 0 Å². The Balaban J connectivity index is 1.64. The second kappa shape index (κ2) is 5.61. The summed E-state index contributed by atoms with van der Waals surface area (Å²) in [5.74, 6) is 1.54. The van der Waals surface area contributed by atoms with E-state index < -0.39 is 0 Å². The Morgan fingerprint density at radius 2 is 1.85 bits per heavy atom. The smallest absolute Gasteiger partial charge is 0.228 e. The Morgan fingerprint density at radius 3 is 2.45 bits per heavy atom. The van der Waals surface area contributed by atoms with Crippen molar-refractivity contribution >= 4 is 23.2 Å². The van der Waals surface area contributed by atoms with Crippen LogP contribution in [-0.4, -0.2) is 5.91 Å². The van der Waals surface area contributed by atoms with Gasteiger partial charge in [-0.2, -0.15) is 0 Å². The minimum atomic E-state index is 0.168. The standard InChI is InChI=1S/C17H20ClNO/c1-11-8-9-12(10-15(11)18)19-17(20)16-13-6-4-2-3-5-7-14(13)16/h2-3,8-10,13-14,16H,4-7H2,1H3,(H,19,20)/t13-,14-/m1/s1. The lowest BCUT2D eigenvalue weighted by atomic mass is 10.1. The van der Waals surface area contributed by atoms with Crippen LogP contribution in [0.3, 0.4) is 0 Å². The highest BCUT2D eigenvalue weighted by Gasteiger charge is 2.53. The van der Waals surface area contributed by atoms with Crippen molar-refractivity contribution < 1.29 is 4.79 Å². The largest absolute Gasteiger partial charge is 0.326 e. The molecule has 1 fully saturated rings. The van der Waals surface area contributed by atoms with Gasteiger partial charge in [0.2, 0.25) is 5.91 Å². The first-order valence-corrected chi connectivity index (χ1v) is 7.76. The Labute approximate surface area is 125 Å². The number of hydrogen-bond acceptors (Lipinski definition) is 1. The average molecular weight is 290 g/mol. The van der Waals surface area contributed by atoms with Crippen LogP contribution in [0.2, 0.25) is 5.02 Å². The molecule has 2 aliphatic rings. The number of halogens is 1. The number of carbonyl (C=O) groups is 1. The molecular weight excluding hydrogens is 270 g/mol. The van der Waals surface area contributed by atoms with Crippen LogP contribution in [0.15, 0.2) is 30.4 Å². The maximum Gasteiger partial charge on any atom is 0.228 e. The van der Waals surface area contributed by atoms with Crippen molar-refractivity contribution in [2.75, 3.05) is 5.32 Å². The topological polar surface area (TPSA) is 29.1 Å². The van der Waals surface area contributed by atoms with E-state index >= 15 is 0 Å². The van der Waals surface area contributed by atoms with E-state index in [1.54, 1.807) is 0 Å². The van der Waals surface area contributed by atoms with Crippen molar-refractivity contribution in [3.05, 3.63) is 40.9 Å². The zero-order valence-electron chi connectivity index (χ0n) is 11.7. The third-order valence-electron chi connectivity index (χ3n) is 4.57. The van der Waals surface area contributed by atoms with E-state index in [0.717, 1.165) is 36.9 Å². The zero-order valence-corrected chi connectivity index (χ0v) is 12.5. The molecular formula is C17H20ClNO. The molecule has 0 aromatic heterocycles. The number of hydrogen-bond donors (Lipinski definition) is 1. The number of amides is 1. The molecule has 2 atom stereocenters. The summed E-state index contributed by atoms with van der Waals surface area (Å²) in [7, 11) is 0. The molecule has 1 amide bonds. The fourth-order valence-corrected chi connectivity index (χ4v) is 3.51. The fourth-order valence-electron chi connectivity index (χ4n) is 3.33. The van der Waals surface area contributed by atoms with Gasteiger partial charge in [0.15, 0.2) is 0 Å². The van der Waals surface area contributed by atoms with Gasteiger partial charge >= 0.3 is 0 Å². The van der Waals surface area contributed by atoms with E-state index in [9.17, 15) is 4.79 Å². The van der Waals surface area contributed by atoms with E-state index in [1.807, 2.05) is 25.1 Å². The number of allylic oxidation sites excluding steroid dienone is 2. The van der Waals surface area contributed by atoms with E-state index in [1.165, 1.54) is 0 Å². The van der Waals surface area contributed by atoms with E-state index in [2.05, 4.69) is 17.5 Å². The van der Waals surface area contributed by atoms with Crippen molar-refractivity contribution in [2.45, 2.75) is 32.6 Å². The van der Waals surface area contributed by atoms with Gasteiger partial charge in [0.1, 0.15) is 0 Å². The second-order valence-electron chi connectivity index (χ2n) is 5.93. The predicted molar refractivity (Wildman–Crippen MR) is 82.9 cm³/mol. The van der Waals surface area contributed by atoms with Crippen LogP contribution in [0.5, 0.6) is 0 Å². The van der Waals surface area contributed by atoms with Crippen LogP contribution in [-0.2, 0) is 4.79 Å². The molecule has 1 aromatic rings. The molecule has 0 unspecified atom stereocenters. The lowest BCUT2D eigenvalue weighted by Gasteiger charge is -2.06. The highest BCUT2D eigenvalue weighted by atomic mass is 35.5. The molecule has 106 valence electrons. The molecule has 2 nitrogen and oxygen atoms in total. The number of rotatable bonds is 2. The summed E-state index contributed by atoms with van der Waals surface area (Å²) in [6, 6.07) is 5.70. The van der Waals surface area contributed by atoms with Gasteiger partial charge < -0.3 is 5.32 Å². The Morgan fingerprint density at radius 1 is 1.20 bits per heavy atom. The summed E-state index contributed by atoms with van der Waals surface area (Å²) in [5, 5.41) is 3.73. The third kappa shape index (κ3) is 2.76. The average Bonchev–Trinajstić information content (AvgIpc) is 3.05. The fraction of sp³-hybridized carbons (Fsp3) is 0.471. The summed E-state index contributed by atoms with van der Waals surface area (Å²) >= 11 is 6.10. The number of anilines is 1. The van der Waals surface area contributed by atoms with Crippen molar-refractivity contribution in [2.24, 2.45) is 17.8 Å². The molecule has 2 aliphatic carbocycles. The Kier molecular flexibility index (Phi) is 3.84. The summed E-state index contributed by atoms with van der Waals surface area (Å²) in [5.41, 5.74) is 1.84. The van der Waals surface area contributed by atoms with Crippen molar-refractivity contribution in [1.29, 1.82) is 0 Å². The van der Waals surface area contributed by atoms with E-state index in [0.29, 0.717) is 16.9 Å². The van der Waals surface area contributed by atoms with Crippen molar-refractivity contribution in [3.63, 3.8) is 0 Å². The van der Waals surface area contributed by atoms with Gasteiger partial charge in [-0.1, -0.05) is 29.8 Å². The second-order valence-corrected chi connectivity index (χ2v) is 6.34. The first kappa shape index (κ1) is 13.7. The molecule has 1 N–H and O–H groups in total. The van der Waals surface area contributed by atoms with Gasteiger partial charge in [-0.05, 0) is 62.1 Å². The van der Waals surface area contributed by atoms with Gasteiger partial charge in [0, 0.05) is 16.6 Å². The summed E-state index contributed by atoms with van der Waals surface area (Å²) in [4.78, 5) is 12.4. The molecule has 1 aromatic carbocycles. The molecule has 3 rings (SSSR count). The summed E-state index contributed by atoms with van der Waals surface area (Å²) < 4.78 is 0. The predicted octanol–water partition coefficient (Wildman–Crippen LogP) is 4.58. The monoisotopic (exact) mass is 289 g/mol. The zero-order chi connectivity index (χ0) is 14.1. The van der Waals surface area contributed by atoms with Gasteiger partial charge in [-0.25, -0.2) is 0 Å². The van der Waals surface area contributed by atoms with Crippen LogP contribution in [0, 0.1) is 24.7 Å². The number of fused-ring (bicyclic) bond motifs is 1. The van der Waals surface area contributed by atoms with Crippen molar-refractivity contribution in [1.82, 2.24) is 0 Å². The van der Waals surface area contributed by atoms with Crippen LogP contribution >= 0.6 is 11.6 Å². The van der Waals surface area contributed by atoms with Crippen LogP contribution < -0.4 is 5.32 Å². The third-order valence-corrected chi connectivity index (χ3v) is 4.98. The lowest BCUT2D eigenvalue weighted by Crippen LogP contribution is -2.15. The number of aryl methyl sites for hydroxylation is 1. The van der Waals surface area contributed by atoms with Gasteiger partial charge in [-0.3, -0.25) is 4.79 Å². The highest BCUT2D eigenvalue weighted by Crippen LogP contribution is 2.53. The van der Waals surface area contributed by atoms with Gasteiger partial charge in [0.25, 0.3) is 0 Å². The molecule has 0 aliphatic heterocycles. The van der Waals surface area contributed by atoms with Crippen molar-refractivity contribution in [3.8, 4) is 0 Å². The van der Waals surface area contributed by atoms with E-state index in [4.69, 9.17) is 11.6 Å².